The molecule has 0 saturated carbocycles. The highest BCUT2D eigenvalue weighted by Gasteiger charge is 2.29. The van der Waals surface area contributed by atoms with Gasteiger partial charge < -0.3 is 5.32 Å². The molecule has 1 heterocycles. The van der Waals surface area contributed by atoms with Crippen LogP contribution in [0.1, 0.15) is 18.4 Å². The average molecular weight is 228 g/mol. The second-order valence-electron chi connectivity index (χ2n) is 3.67. The lowest BCUT2D eigenvalue weighted by atomic mass is 9.97. The van der Waals surface area contributed by atoms with E-state index in [1.807, 2.05) is 24.9 Å². The number of hydrogen-bond donors (Lipinski definition) is 1. The van der Waals surface area contributed by atoms with Gasteiger partial charge in [0.25, 0.3) is 0 Å². The molecule has 1 aliphatic rings. The van der Waals surface area contributed by atoms with Crippen LogP contribution in [0.2, 0.25) is 5.02 Å². The van der Waals surface area contributed by atoms with Crippen LogP contribution in [0.3, 0.4) is 0 Å². The van der Waals surface area contributed by atoms with Gasteiger partial charge in [-0.25, -0.2) is 0 Å². The number of likely N-dealkylation sites (N-methyl/N-ethyl adjacent to an activating group) is 1. The van der Waals surface area contributed by atoms with Crippen LogP contribution in [0, 0.1) is 0 Å². The van der Waals surface area contributed by atoms with E-state index in [0.717, 1.165) is 11.6 Å². The first-order valence-corrected chi connectivity index (χ1v) is 6.09. The molecule has 1 N–H and O–H groups in total. The molecule has 1 aromatic carbocycles. The van der Waals surface area contributed by atoms with Gasteiger partial charge in [0, 0.05) is 27.6 Å². The number of thioether (sulfide) groups is 1. The Bertz CT molecular complexity index is 340. The van der Waals surface area contributed by atoms with E-state index in [9.17, 15) is 0 Å². The normalized spacial score (nSPS) is 25.1. The third-order valence-electron chi connectivity index (χ3n) is 2.68. The molecular formula is C11H14ClNS. The van der Waals surface area contributed by atoms with E-state index >= 15 is 0 Å². The number of hydrogen-bond acceptors (Lipinski definition) is 2. The Balaban J connectivity index is 2.33. The Kier molecular flexibility index (Phi) is 3.05. The summed E-state index contributed by atoms with van der Waals surface area (Å²) in [5.41, 5.74) is 1.45. The van der Waals surface area contributed by atoms with Crippen molar-refractivity contribution in [3.63, 3.8) is 0 Å². The van der Waals surface area contributed by atoms with Crippen LogP contribution in [0.25, 0.3) is 0 Å². The molecule has 1 nitrogen and oxygen atoms in total. The third kappa shape index (κ3) is 1.79. The molecule has 0 amide bonds. The monoisotopic (exact) mass is 227 g/mol. The van der Waals surface area contributed by atoms with Crippen LogP contribution < -0.4 is 5.32 Å². The van der Waals surface area contributed by atoms with Gasteiger partial charge in [-0.3, -0.25) is 0 Å². The Labute approximate surface area is 94.2 Å². The molecule has 14 heavy (non-hydrogen) atoms. The fourth-order valence-electron chi connectivity index (χ4n) is 1.95. The van der Waals surface area contributed by atoms with Crippen LogP contribution in [-0.2, 0) is 0 Å². The zero-order valence-corrected chi connectivity index (χ0v) is 9.95. The van der Waals surface area contributed by atoms with Crippen molar-refractivity contribution in [2.45, 2.75) is 23.0 Å². The van der Waals surface area contributed by atoms with Gasteiger partial charge in [0.2, 0.25) is 0 Å². The number of benzene rings is 1. The number of rotatable bonds is 2. The predicted octanol–water partition coefficient (Wildman–Crippen LogP) is 3.14. The van der Waals surface area contributed by atoms with E-state index in [0.29, 0.717) is 11.2 Å². The van der Waals surface area contributed by atoms with Crippen molar-refractivity contribution in [3.8, 4) is 0 Å². The first-order chi connectivity index (χ1) is 6.72. The molecule has 76 valence electrons. The molecule has 1 aliphatic heterocycles. The van der Waals surface area contributed by atoms with E-state index < -0.39 is 0 Å². The van der Waals surface area contributed by atoms with Crippen molar-refractivity contribution in [1.29, 1.82) is 0 Å². The molecule has 0 saturated heterocycles. The second-order valence-corrected chi connectivity index (χ2v) is 5.52. The van der Waals surface area contributed by atoms with Crippen molar-refractivity contribution in [2.75, 3.05) is 13.6 Å². The van der Waals surface area contributed by atoms with Crippen LogP contribution in [-0.4, -0.2) is 18.8 Å². The van der Waals surface area contributed by atoms with Crippen molar-refractivity contribution in [2.24, 2.45) is 0 Å². The minimum absolute atomic E-state index is 0.622. The maximum Gasteiger partial charge on any atom is 0.0417 e. The highest BCUT2D eigenvalue weighted by atomic mass is 35.5. The van der Waals surface area contributed by atoms with Gasteiger partial charge in [0.1, 0.15) is 0 Å². The maximum absolute atomic E-state index is 5.97. The fraction of sp³-hybridized carbons (Fsp3) is 0.455. The summed E-state index contributed by atoms with van der Waals surface area (Å²) in [6.07, 6.45) is 0. The zero-order valence-electron chi connectivity index (χ0n) is 8.38. The lowest BCUT2D eigenvalue weighted by molar-refractivity contribution is 0.628. The largest absolute Gasteiger partial charge is 0.319 e. The second kappa shape index (κ2) is 4.13. The molecular weight excluding hydrogens is 214 g/mol. The Hall–Kier alpha value is -0.180. The summed E-state index contributed by atoms with van der Waals surface area (Å²) >= 11 is 7.90. The SMILES string of the molecule is CNCC1c2ccc(Cl)cc2SC1C. The van der Waals surface area contributed by atoms with Gasteiger partial charge in [-0.15, -0.1) is 11.8 Å². The molecule has 0 aromatic heterocycles. The topological polar surface area (TPSA) is 12.0 Å². The summed E-state index contributed by atoms with van der Waals surface area (Å²) in [5.74, 6) is 0.622. The van der Waals surface area contributed by atoms with E-state index in [1.165, 1.54) is 10.5 Å². The van der Waals surface area contributed by atoms with Crippen molar-refractivity contribution < 1.29 is 0 Å². The van der Waals surface area contributed by atoms with Crippen LogP contribution in [0.4, 0.5) is 0 Å². The molecule has 0 spiro atoms. The summed E-state index contributed by atoms with van der Waals surface area (Å²) < 4.78 is 0. The van der Waals surface area contributed by atoms with Crippen LogP contribution >= 0.6 is 23.4 Å². The molecule has 0 radical (unpaired) electrons. The molecule has 1 aromatic rings. The van der Waals surface area contributed by atoms with Crippen molar-refractivity contribution in [3.05, 3.63) is 28.8 Å². The minimum Gasteiger partial charge on any atom is -0.319 e. The molecule has 2 rings (SSSR count). The lowest BCUT2D eigenvalue weighted by Gasteiger charge is -2.14. The van der Waals surface area contributed by atoms with Gasteiger partial charge in [0.15, 0.2) is 0 Å². The molecule has 0 bridgehead atoms. The molecule has 2 atom stereocenters. The van der Waals surface area contributed by atoms with E-state index in [-0.39, 0.29) is 0 Å². The maximum atomic E-state index is 5.97. The van der Waals surface area contributed by atoms with Gasteiger partial charge in [0.05, 0.1) is 0 Å². The van der Waals surface area contributed by atoms with Crippen molar-refractivity contribution in [1.82, 2.24) is 5.32 Å². The molecule has 3 heteroatoms. The number of nitrogens with one attached hydrogen (secondary N) is 1. The molecule has 0 aliphatic carbocycles. The highest BCUT2D eigenvalue weighted by Crippen LogP contribution is 2.45. The van der Waals surface area contributed by atoms with E-state index in [4.69, 9.17) is 11.6 Å². The third-order valence-corrected chi connectivity index (χ3v) is 4.22. The standard InChI is InChI=1S/C11H14ClNS/c1-7-10(6-13-2)9-4-3-8(12)5-11(9)14-7/h3-5,7,10,13H,6H2,1-2H3. The summed E-state index contributed by atoms with van der Waals surface area (Å²) in [4.78, 5) is 1.35. The van der Waals surface area contributed by atoms with Gasteiger partial charge >= 0.3 is 0 Å². The Morgan fingerprint density at radius 3 is 3.00 bits per heavy atom. The first-order valence-electron chi connectivity index (χ1n) is 4.83. The number of halogens is 1. The molecule has 2 unspecified atom stereocenters. The van der Waals surface area contributed by atoms with E-state index in [2.05, 4.69) is 24.4 Å². The summed E-state index contributed by atoms with van der Waals surface area (Å²) in [7, 11) is 2.01. The smallest absolute Gasteiger partial charge is 0.0417 e. The molecule has 0 fully saturated rings. The number of fused-ring (bicyclic) bond motifs is 1. The quantitative estimate of drug-likeness (QED) is 0.833. The Morgan fingerprint density at radius 2 is 2.29 bits per heavy atom. The fourth-order valence-corrected chi connectivity index (χ4v) is 3.54. The van der Waals surface area contributed by atoms with Gasteiger partial charge in [-0.1, -0.05) is 24.6 Å². The summed E-state index contributed by atoms with van der Waals surface area (Å²) in [5, 5.41) is 4.74. The highest BCUT2D eigenvalue weighted by molar-refractivity contribution is 8.00. The summed E-state index contributed by atoms with van der Waals surface area (Å²) in [6, 6.07) is 6.23. The predicted molar refractivity (Wildman–Crippen MR) is 63.4 cm³/mol. The van der Waals surface area contributed by atoms with Crippen molar-refractivity contribution >= 4 is 23.4 Å². The summed E-state index contributed by atoms with van der Waals surface area (Å²) in [6.45, 7) is 3.32. The zero-order chi connectivity index (χ0) is 10.1. The Morgan fingerprint density at radius 1 is 1.50 bits per heavy atom. The minimum atomic E-state index is 0.622. The first kappa shape index (κ1) is 10.3. The van der Waals surface area contributed by atoms with Gasteiger partial charge in [-0.2, -0.15) is 0 Å². The lowest BCUT2D eigenvalue weighted by Crippen LogP contribution is -2.21. The van der Waals surface area contributed by atoms with E-state index in [1.54, 1.807) is 0 Å². The van der Waals surface area contributed by atoms with Crippen LogP contribution in [0.5, 0.6) is 0 Å². The van der Waals surface area contributed by atoms with Crippen LogP contribution in [0.15, 0.2) is 23.1 Å². The van der Waals surface area contributed by atoms with Gasteiger partial charge in [-0.05, 0) is 24.7 Å². The average Bonchev–Trinajstić information content (AvgIpc) is 2.43.